The van der Waals surface area contributed by atoms with E-state index in [9.17, 15) is 14.0 Å². The summed E-state index contributed by atoms with van der Waals surface area (Å²) in [7, 11) is 0. The number of carboxylic acids is 1. The van der Waals surface area contributed by atoms with Gasteiger partial charge in [0.15, 0.2) is 5.76 Å². The van der Waals surface area contributed by atoms with Gasteiger partial charge in [-0.25, -0.2) is 14.2 Å². The summed E-state index contributed by atoms with van der Waals surface area (Å²) in [4.78, 5) is 28.5. The molecule has 2 aromatic carbocycles. The van der Waals surface area contributed by atoms with E-state index >= 15 is 0 Å². The maximum Gasteiger partial charge on any atom is 0.412 e. The van der Waals surface area contributed by atoms with Crippen LogP contribution in [-0.2, 0) is 16.0 Å². The number of benzene rings is 2. The molecule has 0 aliphatic carbocycles. The lowest BCUT2D eigenvalue weighted by Gasteiger charge is -2.15. The molecule has 0 aliphatic rings. The first-order valence-electron chi connectivity index (χ1n) is 10.9. The van der Waals surface area contributed by atoms with Crippen molar-refractivity contribution < 1.29 is 28.3 Å². The molecule has 0 fully saturated rings. The zero-order valence-corrected chi connectivity index (χ0v) is 20.2. The predicted octanol–water partition coefficient (Wildman–Crippen LogP) is 6.27. The number of carbonyl (C=O) groups excluding carboxylic acids is 1. The second-order valence-electron chi connectivity index (χ2n) is 7.87. The van der Waals surface area contributed by atoms with Gasteiger partial charge in [0.25, 0.3) is 0 Å². The maximum absolute atomic E-state index is 14.0. The van der Waals surface area contributed by atoms with Gasteiger partial charge < -0.3 is 14.4 Å². The van der Waals surface area contributed by atoms with E-state index in [4.69, 9.17) is 14.4 Å². The Morgan fingerprint density at radius 2 is 1.89 bits per heavy atom. The van der Waals surface area contributed by atoms with Crippen LogP contribution in [0.1, 0.15) is 29.8 Å². The fourth-order valence-electron chi connectivity index (χ4n) is 3.42. The minimum atomic E-state index is -0.905. The van der Waals surface area contributed by atoms with Crippen LogP contribution in [-0.4, -0.2) is 27.3 Å². The summed E-state index contributed by atoms with van der Waals surface area (Å²) in [6.45, 7) is 3.27. The zero-order valence-electron chi connectivity index (χ0n) is 19.4. The number of aryl methyl sites for hydroxylation is 1. The van der Waals surface area contributed by atoms with E-state index in [-0.39, 0.29) is 12.0 Å². The van der Waals surface area contributed by atoms with Crippen LogP contribution >= 0.6 is 11.8 Å². The minimum absolute atomic E-state index is 0.0742. The number of halogens is 1. The van der Waals surface area contributed by atoms with Gasteiger partial charge in [0.1, 0.15) is 28.3 Å². The number of amides is 1. The lowest BCUT2D eigenvalue weighted by Crippen LogP contribution is -2.17. The molecule has 0 aliphatic heterocycles. The Morgan fingerprint density at radius 1 is 1.14 bits per heavy atom. The molecular formula is C26H22FN3O5S. The second kappa shape index (κ2) is 11.0. The van der Waals surface area contributed by atoms with Gasteiger partial charge in [-0.1, -0.05) is 41.2 Å². The number of nitrogens with one attached hydrogen (secondary N) is 1. The van der Waals surface area contributed by atoms with Crippen molar-refractivity contribution in [3.63, 3.8) is 0 Å². The van der Waals surface area contributed by atoms with Gasteiger partial charge in [-0.15, -0.1) is 0 Å². The number of pyridine rings is 1. The zero-order chi connectivity index (χ0) is 25.7. The van der Waals surface area contributed by atoms with Crippen molar-refractivity contribution in [2.75, 3.05) is 5.32 Å². The summed E-state index contributed by atoms with van der Waals surface area (Å²) in [6, 6.07) is 17.0. The van der Waals surface area contributed by atoms with Crippen molar-refractivity contribution in [3.05, 3.63) is 89.5 Å². The molecule has 1 amide bonds. The van der Waals surface area contributed by atoms with Gasteiger partial charge in [0.2, 0.25) is 0 Å². The average molecular weight is 508 g/mol. The molecule has 10 heteroatoms. The van der Waals surface area contributed by atoms with E-state index in [1.165, 1.54) is 17.8 Å². The molecule has 4 aromatic rings. The number of aliphatic carboxylic acids is 1. The van der Waals surface area contributed by atoms with Crippen molar-refractivity contribution in [1.82, 2.24) is 10.1 Å². The molecule has 1 atom stereocenters. The molecule has 0 radical (unpaired) electrons. The Hall–Kier alpha value is -4.18. The average Bonchev–Trinajstić information content (AvgIpc) is 3.20. The van der Waals surface area contributed by atoms with Gasteiger partial charge in [-0.05, 0) is 55.8 Å². The van der Waals surface area contributed by atoms with Gasteiger partial charge in [-0.2, -0.15) is 0 Å². The largest absolute Gasteiger partial charge is 0.481 e. The third-order valence-electron chi connectivity index (χ3n) is 5.21. The molecule has 8 nitrogen and oxygen atoms in total. The highest BCUT2D eigenvalue weighted by Crippen LogP contribution is 2.34. The summed E-state index contributed by atoms with van der Waals surface area (Å²) >= 11 is 1.42. The van der Waals surface area contributed by atoms with Crippen LogP contribution in [0.25, 0.3) is 11.3 Å². The monoisotopic (exact) mass is 507 g/mol. The molecule has 0 saturated carbocycles. The van der Waals surface area contributed by atoms with E-state index in [0.29, 0.717) is 28.3 Å². The van der Waals surface area contributed by atoms with Gasteiger partial charge in [-0.3, -0.25) is 10.1 Å². The SMILES string of the molecule is Cc1noc(-c2ccc(Sc3ccc(CC(=O)O)cn3)cc2)c1NC(=O)O[C@H](C)c1ccccc1F. The van der Waals surface area contributed by atoms with Crippen LogP contribution in [0.5, 0.6) is 0 Å². The van der Waals surface area contributed by atoms with E-state index < -0.39 is 24.0 Å². The fraction of sp³-hybridized carbons (Fsp3) is 0.154. The number of anilines is 1. The highest BCUT2D eigenvalue weighted by atomic mass is 32.2. The summed E-state index contributed by atoms with van der Waals surface area (Å²) in [5, 5.41) is 16.2. The van der Waals surface area contributed by atoms with E-state index in [1.54, 1.807) is 50.4 Å². The fourth-order valence-corrected chi connectivity index (χ4v) is 4.18. The standard InChI is InChI=1S/C26H22FN3O5S/c1-15-24(29-26(33)34-16(2)20-5-3-4-6-21(20)27)25(35-30-15)18-8-10-19(11-9-18)36-22-12-7-17(14-28-22)13-23(31)32/h3-12,14,16H,13H2,1-2H3,(H,29,33)(H,31,32)/t16-/m1/s1. The maximum atomic E-state index is 14.0. The molecule has 0 unspecified atom stereocenters. The van der Waals surface area contributed by atoms with Crippen LogP contribution in [0.2, 0.25) is 0 Å². The topological polar surface area (TPSA) is 115 Å². The molecule has 4 rings (SSSR count). The van der Waals surface area contributed by atoms with E-state index in [1.807, 2.05) is 24.3 Å². The first-order valence-corrected chi connectivity index (χ1v) is 11.7. The molecule has 0 spiro atoms. The number of carboxylic acid groups (broad SMARTS) is 1. The lowest BCUT2D eigenvalue weighted by molar-refractivity contribution is -0.136. The Kier molecular flexibility index (Phi) is 7.65. The third kappa shape index (κ3) is 6.08. The lowest BCUT2D eigenvalue weighted by atomic mass is 10.1. The van der Waals surface area contributed by atoms with E-state index in [2.05, 4.69) is 15.5 Å². The molecule has 0 saturated heterocycles. The van der Waals surface area contributed by atoms with Crippen LogP contribution in [0.15, 0.2) is 81.3 Å². The number of hydrogen-bond donors (Lipinski definition) is 2. The summed E-state index contributed by atoms with van der Waals surface area (Å²) in [6.07, 6.45) is -0.0812. The van der Waals surface area contributed by atoms with Crippen LogP contribution in [0.4, 0.5) is 14.9 Å². The molecule has 0 bridgehead atoms. The van der Waals surface area contributed by atoms with Gasteiger partial charge in [0, 0.05) is 22.2 Å². The Balaban J connectivity index is 1.43. The van der Waals surface area contributed by atoms with Crippen molar-refractivity contribution in [3.8, 4) is 11.3 Å². The van der Waals surface area contributed by atoms with E-state index in [0.717, 1.165) is 9.92 Å². The van der Waals surface area contributed by atoms with Crippen LogP contribution in [0, 0.1) is 12.7 Å². The molecule has 2 N–H and O–H groups in total. The molecular weight excluding hydrogens is 485 g/mol. The molecule has 184 valence electrons. The van der Waals surface area contributed by atoms with Crippen LogP contribution < -0.4 is 5.32 Å². The summed E-state index contributed by atoms with van der Waals surface area (Å²) < 4.78 is 24.8. The van der Waals surface area contributed by atoms with Crippen molar-refractivity contribution in [1.29, 1.82) is 0 Å². The van der Waals surface area contributed by atoms with Gasteiger partial charge >= 0.3 is 12.1 Å². The first kappa shape index (κ1) is 24.9. The Labute approximate surface area is 210 Å². The van der Waals surface area contributed by atoms with Crippen molar-refractivity contribution in [2.45, 2.75) is 36.3 Å². The molecule has 2 heterocycles. The molecule has 2 aromatic heterocycles. The summed E-state index contributed by atoms with van der Waals surface area (Å²) in [5.41, 5.74) is 2.40. The Bertz CT molecular complexity index is 1370. The number of rotatable bonds is 8. The number of ether oxygens (including phenoxy) is 1. The number of carbonyl (C=O) groups is 2. The predicted molar refractivity (Wildman–Crippen MR) is 131 cm³/mol. The minimum Gasteiger partial charge on any atom is -0.481 e. The third-order valence-corrected chi connectivity index (χ3v) is 6.17. The second-order valence-corrected chi connectivity index (χ2v) is 8.96. The van der Waals surface area contributed by atoms with Gasteiger partial charge in [0.05, 0.1) is 6.42 Å². The number of hydrogen-bond acceptors (Lipinski definition) is 7. The normalized spacial score (nSPS) is 11.6. The highest BCUT2D eigenvalue weighted by molar-refractivity contribution is 7.99. The van der Waals surface area contributed by atoms with Crippen molar-refractivity contribution >= 4 is 29.5 Å². The smallest absolute Gasteiger partial charge is 0.412 e. The first-order chi connectivity index (χ1) is 17.3. The van der Waals surface area contributed by atoms with Crippen molar-refractivity contribution in [2.24, 2.45) is 0 Å². The highest BCUT2D eigenvalue weighted by Gasteiger charge is 2.21. The quantitative estimate of drug-likeness (QED) is 0.287. The number of nitrogens with zero attached hydrogens (tertiary/aromatic N) is 2. The Morgan fingerprint density at radius 3 is 2.56 bits per heavy atom. The molecule has 36 heavy (non-hydrogen) atoms. The van der Waals surface area contributed by atoms with Crippen LogP contribution in [0.3, 0.4) is 0 Å². The number of aromatic nitrogens is 2. The summed E-state index contributed by atoms with van der Waals surface area (Å²) in [5.74, 6) is -1.00.